The van der Waals surface area contributed by atoms with Gasteiger partial charge in [-0.25, -0.2) is 4.79 Å². The Balaban J connectivity index is 1.14. The topological polar surface area (TPSA) is 105 Å². The lowest BCUT2D eigenvalue weighted by Gasteiger charge is -2.40. The normalized spacial score (nSPS) is 25.7. The number of nitrogens with one attached hydrogen (secondary N) is 2. The molecule has 3 aliphatic carbocycles. The Kier molecular flexibility index (Phi) is 5.56. The van der Waals surface area contributed by atoms with Gasteiger partial charge < -0.3 is 20.5 Å². The van der Waals surface area contributed by atoms with Crippen molar-refractivity contribution >= 4 is 18.0 Å². The molecule has 2 saturated carbocycles. The van der Waals surface area contributed by atoms with E-state index in [1.165, 1.54) is 29.2 Å². The molecule has 0 bridgehead atoms. The summed E-state index contributed by atoms with van der Waals surface area (Å²) in [6, 6.07) is 15.6. The standard InChI is InChI=1S/C26H28N2O5/c1-14(25(30)31)27-24(29)16-10-15-12-23(21(15)11-16)28-26(32)33-13-22-19-8-4-2-6-17(19)18-7-3-5-9-20(18)22/h2-9,14-16,21-23H,10-13H2,1H3,(H,27,29)(H,28,32)(H,30,31)/t14-,15+,16?,21+,23-/m1/s1. The van der Waals surface area contributed by atoms with E-state index >= 15 is 0 Å². The zero-order valence-corrected chi connectivity index (χ0v) is 18.5. The molecule has 33 heavy (non-hydrogen) atoms. The molecule has 5 atom stereocenters. The summed E-state index contributed by atoms with van der Waals surface area (Å²) in [5.74, 6) is -0.802. The van der Waals surface area contributed by atoms with Crippen molar-refractivity contribution in [2.45, 2.75) is 44.2 Å². The van der Waals surface area contributed by atoms with Crippen molar-refractivity contribution < 1.29 is 24.2 Å². The molecule has 172 valence electrons. The minimum Gasteiger partial charge on any atom is -0.480 e. The van der Waals surface area contributed by atoms with Crippen LogP contribution in [0.5, 0.6) is 0 Å². The molecule has 2 aromatic rings. The maximum atomic E-state index is 12.6. The highest BCUT2D eigenvalue weighted by Crippen LogP contribution is 2.50. The Morgan fingerprint density at radius 3 is 2.27 bits per heavy atom. The van der Waals surface area contributed by atoms with Crippen LogP contribution in [0.2, 0.25) is 0 Å². The zero-order chi connectivity index (χ0) is 23.1. The smallest absolute Gasteiger partial charge is 0.407 e. The lowest BCUT2D eigenvalue weighted by atomic mass is 9.71. The van der Waals surface area contributed by atoms with Crippen molar-refractivity contribution in [2.75, 3.05) is 6.61 Å². The molecule has 0 saturated heterocycles. The molecular weight excluding hydrogens is 420 g/mol. The van der Waals surface area contributed by atoms with Crippen LogP contribution < -0.4 is 10.6 Å². The maximum absolute atomic E-state index is 12.6. The fourth-order valence-electron chi connectivity index (χ4n) is 5.79. The summed E-state index contributed by atoms with van der Waals surface area (Å²) < 4.78 is 5.65. The molecule has 0 aromatic heterocycles. The number of carboxylic acids is 1. The monoisotopic (exact) mass is 448 g/mol. The molecule has 0 radical (unpaired) electrons. The average Bonchev–Trinajstić information content (AvgIpc) is 3.31. The second kappa shape index (κ2) is 8.54. The number of carbonyl (C=O) groups excluding carboxylic acids is 2. The van der Waals surface area contributed by atoms with Crippen LogP contribution in [-0.4, -0.2) is 41.8 Å². The Morgan fingerprint density at radius 1 is 1.00 bits per heavy atom. The number of fused-ring (bicyclic) bond motifs is 4. The number of hydrogen-bond acceptors (Lipinski definition) is 4. The number of carbonyl (C=O) groups is 3. The van der Waals surface area contributed by atoms with E-state index in [2.05, 4.69) is 34.9 Å². The third-order valence-corrected chi connectivity index (χ3v) is 7.57. The van der Waals surface area contributed by atoms with Crippen LogP contribution in [-0.2, 0) is 14.3 Å². The summed E-state index contributed by atoms with van der Waals surface area (Å²) in [6.07, 6.45) is 1.81. The van der Waals surface area contributed by atoms with Crippen molar-refractivity contribution in [2.24, 2.45) is 17.8 Å². The molecule has 5 rings (SSSR count). The van der Waals surface area contributed by atoms with Crippen molar-refractivity contribution in [3.8, 4) is 11.1 Å². The molecule has 7 heteroatoms. The molecule has 2 amide bonds. The van der Waals surface area contributed by atoms with Crippen LogP contribution in [0.25, 0.3) is 11.1 Å². The number of hydrogen-bond donors (Lipinski definition) is 3. The Hall–Kier alpha value is -3.35. The van der Waals surface area contributed by atoms with E-state index in [0.717, 1.165) is 12.8 Å². The fraction of sp³-hybridized carbons (Fsp3) is 0.423. The van der Waals surface area contributed by atoms with Crippen molar-refractivity contribution in [1.82, 2.24) is 10.6 Å². The van der Waals surface area contributed by atoms with Gasteiger partial charge in [0.1, 0.15) is 12.6 Å². The Labute approximate surface area is 192 Å². The second-order valence-corrected chi connectivity index (χ2v) is 9.47. The van der Waals surface area contributed by atoms with Crippen LogP contribution in [0.15, 0.2) is 48.5 Å². The van der Waals surface area contributed by atoms with E-state index in [1.54, 1.807) is 0 Å². The first-order valence-corrected chi connectivity index (χ1v) is 11.6. The first-order valence-electron chi connectivity index (χ1n) is 11.6. The van der Waals surface area contributed by atoms with Crippen molar-refractivity contribution in [3.63, 3.8) is 0 Å². The minimum atomic E-state index is -1.04. The molecule has 7 nitrogen and oxygen atoms in total. The molecule has 2 aromatic carbocycles. The number of ether oxygens (including phenoxy) is 1. The van der Waals surface area contributed by atoms with Crippen LogP contribution in [0.4, 0.5) is 4.79 Å². The molecule has 1 unspecified atom stereocenters. The lowest BCUT2D eigenvalue weighted by molar-refractivity contribution is -0.141. The van der Waals surface area contributed by atoms with Gasteiger partial charge in [-0.15, -0.1) is 0 Å². The van der Waals surface area contributed by atoms with Crippen LogP contribution in [0.3, 0.4) is 0 Å². The van der Waals surface area contributed by atoms with Crippen LogP contribution in [0, 0.1) is 17.8 Å². The van der Waals surface area contributed by atoms with Crippen LogP contribution in [0.1, 0.15) is 43.2 Å². The number of alkyl carbamates (subject to hydrolysis) is 1. The first kappa shape index (κ1) is 21.5. The van der Waals surface area contributed by atoms with Gasteiger partial charge in [-0.05, 0) is 60.3 Å². The quantitative estimate of drug-likeness (QED) is 0.627. The third-order valence-electron chi connectivity index (χ3n) is 7.57. The number of benzene rings is 2. The van der Waals surface area contributed by atoms with Gasteiger partial charge >= 0.3 is 12.1 Å². The van der Waals surface area contributed by atoms with Gasteiger partial charge in [0.25, 0.3) is 0 Å². The lowest BCUT2D eigenvalue weighted by Crippen LogP contribution is -2.50. The SMILES string of the molecule is C[C@@H](NC(=O)C1C[C@H]2C[C@@H](NC(=O)OCC3c4ccccc4-c4ccccc43)[C@H]2C1)C(=O)O. The van der Waals surface area contributed by atoms with Gasteiger partial charge in [0.15, 0.2) is 0 Å². The number of carboxylic acid groups (broad SMARTS) is 1. The molecule has 2 fully saturated rings. The molecule has 0 spiro atoms. The highest BCUT2D eigenvalue weighted by molar-refractivity contribution is 5.85. The summed E-state index contributed by atoms with van der Waals surface area (Å²) in [7, 11) is 0. The highest BCUT2D eigenvalue weighted by atomic mass is 16.5. The van der Waals surface area contributed by atoms with Gasteiger partial charge in [-0.3, -0.25) is 9.59 Å². The molecular formula is C26H28N2O5. The van der Waals surface area contributed by atoms with E-state index in [1.807, 2.05) is 24.3 Å². The third kappa shape index (κ3) is 3.96. The summed E-state index contributed by atoms with van der Waals surface area (Å²) in [6.45, 7) is 1.74. The van der Waals surface area contributed by atoms with E-state index in [0.29, 0.717) is 12.3 Å². The minimum absolute atomic E-state index is 0.000322. The average molecular weight is 449 g/mol. The fourth-order valence-corrected chi connectivity index (χ4v) is 5.79. The van der Waals surface area contributed by atoms with Crippen molar-refractivity contribution in [3.05, 3.63) is 59.7 Å². The predicted octanol–water partition coefficient (Wildman–Crippen LogP) is 3.53. The van der Waals surface area contributed by atoms with Gasteiger partial charge in [0, 0.05) is 17.9 Å². The summed E-state index contributed by atoms with van der Waals surface area (Å²) in [5.41, 5.74) is 4.73. The van der Waals surface area contributed by atoms with Gasteiger partial charge in [-0.1, -0.05) is 48.5 Å². The number of rotatable bonds is 6. The molecule has 3 N–H and O–H groups in total. The molecule has 0 heterocycles. The van der Waals surface area contributed by atoms with E-state index in [9.17, 15) is 14.4 Å². The van der Waals surface area contributed by atoms with Crippen LogP contribution >= 0.6 is 0 Å². The number of amides is 2. The summed E-state index contributed by atoms with van der Waals surface area (Å²) in [5, 5.41) is 14.5. The van der Waals surface area contributed by atoms with E-state index in [4.69, 9.17) is 9.84 Å². The number of aliphatic carboxylic acids is 1. The van der Waals surface area contributed by atoms with Gasteiger partial charge in [0.2, 0.25) is 5.91 Å². The summed E-state index contributed by atoms with van der Waals surface area (Å²) in [4.78, 5) is 35.9. The van der Waals surface area contributed by atoms with E-state index in [-0.39, 0.29) is 36.3 Å². The first-order chi connectivity index (χ1) is 15.9. The van der Waals surface area contributed by atoms with Gasteiger partial charge in [-0.2, -0.15) is 0 Å². The predicted molar refractivity (Wildman–Crippen MR) is 122 cm³/mol. The van der Waals surface area contributed by atoms with Crippen molar-refractivity contribution in [1.29, 1.82) is 0 Å². The Bertz CT molecular complexity index is 1050. The second-order valence-electron chi connectivity index (χ2n) is 9.47. The Morgan fingerprint density at radius 2 is 1.64 bits per heavy atom. The maximum Gasteiger partial charge on any atom is 0.407 e. The van der Waals surface area contributed by atoms with E-state index < -0.39 is 18.1 Å². The highest BCUT2D eigenvalue weighted by Gasteiger charge is 2.50. The van der Waals surface area contributed by atoms with Gasteiger partial charge in [0.05, 0.1) is 0 Å². The zero-order valence-electron chi connectivity index (χ0n) is 18.5. The molecule has 0 aliphatic heterocycles. The molecule has 3 aliphatic rings. The summed E-state index contributed by atoms with van der Waals surface area (Å²) >= 11 is 0. The largest absolute Gasteiger partial charge is 0.480 e.